The summed E-state index contributed by atoms with van der Waals surface area (Å²) in [5, 5.41) is 14.9. The summed E-state index contributed by atoms with van der Waals surface area (Å²) in [4.78, 5) is 27.1. The first-order valence-electron chi connectivity index (χ1n) is 8.36. The molecule has 0 aliphatic rings. The first-order valence-corrected chi connectivity index (χ1v) is 9.24. The van der Waals surface area contributed by atoms with Crippen molar-refractivity contribution in [2.24, 2.45) is 0 Å². The molecule has 1 aromatic carbocycles. The fourth-order valence-corrected chi connectivity index (χ4v) is 3.22. The molecule has 0 bridgehead atoms. The van der Waals surface area contributed by atoms with Gasteiger partial charge in [0.25, 0.3) is 5.89 Å². The van der Waals surface area contributed by atoms with E-state index in [1.807, 2.05) is 43.5 Å². The largest absolute Gasteiger partial charge is 0.437 e. The summed E-state index contributed by atoms with van der Waals surface area (Å²) in [6.07, 6.45) is 0.187. The fourth-order valence-electron chi connectivity index (χ4n) is 2.57. The molecule has 2 heterocycles. The molecule has 2 aromatic heterocycles. The van der Waals surface area contributed by atoms with Crippen molar-refractivity contribution in [3.05, 3.63) is 57.4 Å². The van der Waals surface area contributed by atoms with E-state index in [2.05, 4.69) is 11.2 Å². The van der Waals surface area contributed by atoms with Gasteiger partial charge in [-0.05, 0) is 48.6 Å². The van der Waals surface area contributed by atoms with Crippen LogP contribution in [0, 0.1) is 25.2 Å². The summed E-state index contributed by atoms with van der Waals surface area (Å²) in [6.45, 7) is 3.93. The van der Waals surface area contributed by atoms with Crippen molar-refractivity contribution in [2.45, 2.75) is 26.8 Å². The van der Waals surface area contributed by atoms with Crippen molar-refractivity contribution in [1.29, 1.82) is 5.26 Å². The van der Waals surface area contributed by atoms with Crippen LogP contribution in [0.25, 0.3) is 10.8 Å². The predicted octanol–water partition coefficient (Wildman–Crippen LogP) is 3.13. The number of hydrogen-bond acceptors (Lipinski definition) is 6. The van der Waals surface area contributed by atoms with E-state index in [1.54, 1.807) is 6.07 Å². The second-order valence-corrected chi connectivity index (χ2v) is 6.98. The molecular weight excluding hydrogens is 364 g/mol. The lowest BCUT2D eigenvalue weighted by Crippen LogP contribution is -2.37. The molecule has 27 heavy (non-hydrogen) atoms. The fraction of sp³-hybridized carbons (Fsp3) is 0.263. The molecule has 0 radical (unpaired) electrons. The Labute approximate surface area is 160 Å². The quantitative estimate of drug-likeness (QED) is 0.653. The standard InChI is InChI=1S/C19H18N4O3S/c1-13-6-7-15(11-14(13)2)22(9-4-8-20)17(24)12-23-19(25)26-18(21-23)16-5-3-10-27-16/h3,5-7,10-11H,4,9,12H2,1-2H3. The molecule has 0 spiro atoms. The highest BCUT2D eigenvalue weighted by molar-refractivity contribution is 7.13. The van der Waals surface area contributed by atoms with Crippen LogP contribution in [-0.4, -0.2) is 22.2 Å². The average Bonchev–Trinajstić information content (AvgIpc) is 3.29. The highest BCUT2D eigenvalue weighted by atomic mass is 32.1. The highest BCUT2D eigenvalue weighted by Gasteiger charge is 2.20. The van der Waals surface area contributed by atoms with Gasteiger partial charge in [-0.25, -0.2) is 4.79 Å². The number of nitriles is 1. The number of anilines is 1. The van der Waals surface area contributed by atoms with Gasteiger partial charge in [0.15, 0.2) is 0 Å². The maximum absolute atomic E-state index is 12.8. The third-order valence-corrected chi connectivity index (χ3v) is 5.03. The van der Waals surface area contributed by atoms with Crippen molar-refractivity contribution in [2.75, 3.05) is 11.4 Å². The summed E-state index contributed by atoms with van der Waals surface area (Å²) >= 11 is 1.39. The molecular formula is C19H18N4O3S. The van der Waals surface area contributed by atoms with E-state index < -0.39 is 5.76 Å². The third kappa shape index (κ3) is 4.15. The lowest BCUT2D eigenvalue weighted by Gasteiger charge is -2.22. The number of rotatable bonds is 6. The zero-order valence-electron chi connectivity index (χ0n) is 15.0. The topological polar surface area (TPSA) is 92.1 Å². The third-order valence-electron chi connectivity index (χ3n) is 4.17. The molecule has 0 saturated heterocycles. The van der Waals surface area contributed by atoms with E-state index >= 15 is 0 Å². The lowest BCUT2D eigenvalue weighted by atomic mass is 10.1. The molecule has 1 amide bonds. The molecule has 0 aliphatic heterocycles. The van der Waals surface area contributed by atoms with Crippen molar-refractivity contribution in [1.82, 2.24) is 9.78 Å². The summed E-state index contributed by atoms with van der Waals surface area (Å²) < 4.78 is 6.16. The van der Waals surface area contributed by atoms with E-state index in [1.165, 1.54) is 16.2 Å². The highest BCUT2D eigenvalue weighted by Crippen LogP contribution is 2.22. The van der Waals surface area contributed by atoms with Crippen LogP contribution in [0.3, 0.4) is 0 Å². The van der Waals surface area contributed by atoms with Crippen LogP contribution in [0.5, 0.6) is 0 Å². The Morgan fingerprint density at radius 3 is 2.81 bits per heavy atom. The van der Waals surface area contributed by atoms with Gasteiger partial charge < -0.3 is 9.32 Å². The molecule has 0 N–H and O–H groups in total. The minimum Gasteiger partial charge on any atom is -0.387 e. The average molecular weight is 382 g/mol. The minimum atomic E-state index is -0.688. The van der Waals surface area contributed by atoms with Crippen molar-refractivity contribution >= 4 is 22.9 Å². The van der Waals surface area contributed by atoms with E-state index in [0.29, 0.717) is 10.6 Å². The molecule has 0 unspecified atom stereocenters. The summed E-state index contributed by atoms with van der Waals surface area (Å²) in [5.74, 6) is -0.828. The van der Waals surface area contributed by atoms with Gasteiger partial charge in [0.05, 0.1) is 17.4 Å². The van der Waals surface area contributed by atoms with Gasteiger partial charge in [0, 0.05) is 12.2 Å². The monoisotopic (exact) mass is 382 g/mol. The zero-order chi connectivity index (χ0) is 19.4. The second-order valence-electron chi connectivity index (χ2n) is 6.03. The van der Waals surface area contributed by atoms with E-state index in [-0.39, 0.29) is 31.3 Å². The molecule has 0 saturated carbocycles. The predicted molar refractivity (Wildman–Crippen MR) is 103 cm³/mol. The number of nitrogens with zero attached hydrogens (tertiary/aromatic N) is 4. The van der Waals surface area contributed by atoms with E-state index in [4.69, 9.17) is 9.68 Å². The summed E-state index contributed by atoms with van der Waals surface area (Å²) in [6, 6.07) is 11.3. The van der Waals surface area contributed by atoms with Gasteiger partial charge in [-0.15, -0.1) is 16.4 Å². The van der Waals surface area contributed by atoms with Crippen LogP contribution in [0.1, 0.15) is 17.5 Å². The molecule has 8 heteroatoms. The van der Waals surface area contributed by atoms with E-state index in [0.717, 1.165) is 15.8 Å². The van der Waals surface area contributed by atoms with Crippen molar-refractivity contribution in [3.8, 4) is 16.8 Å². The van der Waals surface area contributed by atoms with Gasteiger partial charge >= 0.3 is 5.76 Å². The first kappa shape index (κ1) is 18.6. The molecule has 0 atom stereocenters. The molecule has 3 aromatic rings. The van der Waals surface area contributed by atoms with Crippen molar-refractivity contribution < 1.29 is 9.21 Å². The molecule has 7 nitrogen and oxygen atoms in total. The van der Waals surface area contributed by atoms with Crippen LogP contribution in [-0.2, 0) is 11.3 Å². The smallest absolute Gasteiger partial charge is 0.387 e. The van der Waals surface area contributed by atoms with Crippen LogP contribution >= 0.6 is 11.3 Å². The maximum Gasteiger partial charge on any atom is 0.437 e. The SMILES string of the molecule is Cc1ccc(N(CCC#N)C(=O)Cn2nc(-c3cccs3)oc2=O)cc1C. The number of carbonyl (C=O) groups excluding carboxylic acids is 1. The number of carbonyl (C=O) groups is 1. The molecule has 0 aliphatic carbocycles. The minimum absolute atomic E-state index is 0.187. The zero-order valence-corrected chi connectivity index (χ0v) is 15.8. The number of benzene rings is 1. The Morgan fingerprint density at radius 1 is 1.33 bits per heavy atom. The number of hydrogen-bond donors (Lipinski definition) is 0. The number of thiophene rings is 1. The van der Waals surface area contributed by atoms with Crippen LogP contribution in [0.4, 0.5) is 5.69 Å². The van der Waals surface area contributed by atoms with Crippen LogP contribution in [0.2, 0.25) is 0 Å². The Kier molecular flexibility index (Phi) is 5.52. The van der Waals surface area contributed by atoms with Gasteiger partial charge in [-0.1, -0.05) is 12.1 Å². The summed E-state index contributed by atoms with van der Waals surface area (Å²) in [5.41, 5.74) is 2.84. The number of aromatic nitrogens is 2. The van der Waals surface area contributed by atoms with Gasteiger partial charge in [-0.3, -0.25) is 4.79 Å². The van der Waals surface area contributed by atoms with Crippen LogP contribution in [0.15, 0.2) is 44.9 Å². The normalized spacial score (nSPS) is 10.6. The maximum atomic E-state index is 12.8. The number of aryl methyl sites for hydroxylation is 2. The van der Waals surface area contributed by atoms with E-state index in [9.17, 15) is 9.59 Å². The van der Waals surface area contributed by atoms with Crippen LogP contribution < -0.4 is 10.7 Å². The van der Waals surface area contributed by atoms with Gasteiger partial charge in [0.1, 0.15) is 6.54 Å². The Morgan fingerprint density at radius 2 is 2.15 bits per heavy atom. The Balaban J connectivity index is 1.85. The molecule has 3 rings (SSSR count). The molecule has 0 fully saturated rings. The Hall–Kier alpha value is -3.18. The molecule has 138 valence electrons. The lowest BCUT2D eigenvalue weighted by molar-refractivity contribution is -0.119. The van der Waals surface area contributed by atoms with Gasteiger partial charge in [0.2, 0.25) is 5.91 Å². The first-order chi connectivity index (χ1) is 13.0. The van der Waals surface area contributed by atoms with Crippen molar-refractivity contribution in [3.63, 3.8) is 0 Å². The Bertz CT molecular complexity index is 1040. The second kappa shape index (κ2) is 8.01. The number of amides is 1. The van der Waals surface area contributed by atoms with Gasteiger partial charge in [-0.2, -0.15) is 9.94 Å². The summed E-state index contributed by atoms with van der Waals surface area (Å²) in [7, 11) is 0.